The van der Waals surface area contributed by atoms with Crippen LogP contribution in [0.25, 0.3) is 0 Å². The number of carbonyl (C=O) groups excluding carboxylic acids is 1. The van der Waals surface area contributed by atoms with E-state index < -0.39 is 0 Å². The Balaban J connectivity index is 2.00. The van der Waals surface area contributed by atoms with Gasteiger partial charge in [0, 0.05) is 4.90 Å². The van der Waals surface area contributed by atoms with Crippen molar-refractivity contribution in [2.75, 3.05) is 4.90 Å². The van der Waals surface area contributed by atoms with Crippen molar-refractivity contribution >= 4 is 23.4 Å². The maximum absolute atomic E-state index is 12.5. The quantitative estimate of drug-likeness (QED) is 0.829. The smallest absolute Gasteiger partial charge is 0.240 e. The largest absolute Gasteiger partial charge is 0.306 e. The number of aryl methyl sites for hydroxylation is 1. The highest BCUT2D eigenvalue weighted by molar-refractivity contribution is 8.00. The van der Waals surface area contributed by atoms with E-state index in [2.05, 4.69) is 25.1 Å². The van der Waals surface area contributed by atoms with E-state index in [1.54, 1.807) is 11.8 Å². The minimum Gasteiger partial charge on any atom is -0.306 e. The van der Waals surface area contributed by atoms with Gasteiger partial charge in [-0.1, -0.05) is 36.4 Å². The van der Waals surface area contributed by atoms with Crippen molar-refractivity contribution < 1.29 is 4.79 Å². The number of amides is 1. The second kappa shape index (κ2) is 5.33. The standard InChI is InChI=1S/C17H17NOS/c1-12-7-3-4-8-14(12)11-18-15-9-5-6-10-16(15)20-13(2)17(18)19/h3-10,13H,11H2,1-2H3. The van der Waals surface area contributed by atoms with Crippen molar-refractivity contribution in [1.29, 1.82) is 0 Å². The first-order chi connectivity index (χ1) is 9.66. The van der Waals surface area contributed by atoms with Gasteiger partial charge in [0.25, 0.3) is 0 Å². The number of thioether (sulfide) groups is 1. The molecule has 2 aromatic rings. The van der Waals surface area contributed by atoms with E-state index in [1.165, 1.54) is 16.0 Å². The third-order valence-electron chi connectivity index (χ3n) is 3.66. The molecule has 1 aliphatic heterocycles. The zero-order valence-corrected chi connectivity index (χ0v) is 12.5. The zero-order chi connectivity index (χ0) is 14.1. The Hall–Kier alpha value is -1.74. The number of fused-ring (bicyclic) bond motifs is 1. The number of carbonyl (C=O) groups is 1. The maximum atomic E-state index is 12.5. The summed E-state index contributed by atoms with van der Waals surface area (Å²) in [5.74, 6) is 0.192. The molecule has 0 N–H and O–H groups in total. The van der Waals surface area contributed by atoms with E-state index in [9.17, 15) is 4.79 Å². The molecule has 1 atom stereocenters. The van der Waals surface area contributed by atoms with Gasteiger partial charge < -0.3 is 4.90 Å². The Morgan fingerprint density at radius 3 is 2.60 bits per heavy atom. The average Bonchev–Trinajstić information content (AvgIpc) is 2.46. The first-order valence-electron chi connectivity index (χ1n) is 6.78. The SMILES string of the molecule is Cc1ccccc1CN1C(=O)C(C)Sc2ccccc21. The molecule has 0 saturated heterocycles. The summed E-state index contributed by atoms with van der Waals surface area (Å²) in [6, 6.07) is 16.4. The highest BCUT2D eigenvalue weighted by atomic mass is 32.2. The first-order valence-corrected chi connectivity index (χ1v) is 7.66. The summed E-state index contributed by atoms with van der Waals surface area (Å²) < 4.78 is 0. The molecule has 2 nitrogen and oxygen atoms in total. The lowest BCUT2D eigenvalue weighted by Gasteiger charge is -2.32. The minimum atomic E-state index is -0.0195. The van der Waals surface area contributed by atoms with Crippen LogP contribution in [0.4, 0.5) is 5.69 Å². The van der Waals surface area contributed by atoms with Crippen LogP contribution in [-0.2, 0) is 11.3 Å². The minimum absolute atomic E-state index is 0.0195. The lowest BCUT2D eigenvalue weighted by Crippen LogP contribution is -2.39. The summed E-state index contributed by atoms with van der Waals surface area (Å²) in [7, 11) is 0. The van der Waals surface area contributed by atoms with E-state index >= 15 is 0 Å². The van der Waals surface area contributed by atoms with Gasteiger partial charge in [-0.05, 0) is 37.1 Å². The van der Waals surface area contributed by atoms with Crippen molar-refractivity contribution in [2.24, 2.45) is 0 Å². The molecule has 0 saturated carbocycles. The van der Waals surface area contributed by atoms with E-state index in [1.807, 2.05) is 42.2 Å². The molecule has 0 aromatic heterocycles. The highest BCUT2D eigenvalue weighted by Gasteiger charge is 2.30. The Bertz CT molecular complexity index is 653. The Morgan fingerprint density at radius 2 is 1.80 bits per heavy atom. The monoisotopic (exact) mass is 283 g/mol. The summed E-state index contributed by atoms with van der Waals surface area (Å²) >= 11 is 1.65. The van der Waals surface area contributed by atoms with Gasteiger partial charge in [0.15, 0.2) is 0 Å². The lowest BCUT2D eigenvalue weighted by molar-refractivity contribution is -0.118. The van der Waals surface area contributed by atoms with Crippen LogP contribution in [0.3, 0.4) is 0 Å². The van der Waals surface area contributed by atoms with Crippen LogP contribution in [0.15, 0.2) is 53.4 Å². The van der Waals surface area contributed by atoms with Crippen LogP contribution in [0, 0.1) is 6.92 Å². The van der Waals surface area contributed by atoms with Gasteiger partial charge in [0.1, 0.15) is 0 Å². The molecular weight excluding hydrogens is 266 g/mol. The number of rotatable bonds is 2. The summed E-state index contributed by atoms with van der Waals surface area (Å²) in [6.45, 7) is 4.72. The van der Waals surface area contributed by atoms with E-state index in [0.29, 0.717) is 6.54 Å². The number of hydrogen-bond donors (Lipinski definition) is 0. The number of benzene rings is 2. The number of hydrogen-bond acceptors (Lipinski definition) is 2. The second-order valence-electron chi connectivity index (χ2n) is 5.08. The lowest BCUT2D eigenvalue weighted by atomic mass is 10.1. The van der Waals surface area contributed by atoms with Gasteiger partial charge in [0.05, 0.1) is 17.5 Å². The molecule has 1 aliphatic rings. The van der Waals surface area contributed by atoms with Gasteiger partial charge in [-0.15, -0.1) is 11.8 Å². The first kappa shape index (κ1) is 13.3. The van der Waals surface area contributed by atoms with E-state index in [-0.39, 0.29) is 11.2 Å². The van der Waals surface area contributed by atoms with Crippen molar-refractivity contribution in [3.8, 4) is 0 Å². The average molecular weight is 283 g/mol. The van der Waals surface area contributed by atoms with Crippen LogP contribution in [0.5, 0.6) is 0 Å². The molecule has 102 valence electrons. The molecule has 0 spiro atoms. The van der Waals surface area contributed by atoms with Crippen LogP contribution in [-0.4, -0.2) is 11.2 Å². The summed E-state index contributed by atoms with van der Waals surface area (Å²) in [4.78, 5) is 15.6. The molecule has 1 unspecified atom stereocenters. The van der Waals surface area contributed by atoms with Gasteiger partial charge in [-0.25, -0.2) is 0 Å². The van der Waals surface area contributed by atoms with Gasteiger partial charge in [0.2, 0.25) is 5.91 Å². The fourth-order valence-electron chi connectivity index (χ4n) is 2.48. The van der Waals surface area contributed by atoms with E-state index in [4.69, 9.17) is 0 Å². The molecule has 2 aromatic carbocycles. The molecule has 1 amide bonds. The molecule has 3 rings (SSSR count). The van der Waals surface area contributed by atoms with Gasteiger partial charge in [-0.3, -0.25) is 4.79 Å². The molecule has 0 bridgehead atoms. The van der Waals surface area contributed by atoms with Crippen molar-refractivity contribution in [1.82, 2.24) is 0 Å². The molecule has 3 heteroatoms. The number of para-hydroxylation sites is 1. The van der Waals surface area contributed by atoms with Crippen molar-refractivity contribution in [2.45, 2.75) is 30.5 Å². The topological polar surface area (TPSA) is 20.3 Å². The molecule has 0 aliphatic carbocycles. The van der Waals surface area contributed by atoms with Gasteiger partial charge in [-0.2, -0.15) is 0 Å². The molecule has 1 heterocycles. The molecule has 20 heavy (non-hydrogen) atoms. The zero-order valence-electron chi connectivity index (χ0n) is 11.7. The number of nitrogens with zero attached hydrogens (tertiary/aromatic N) is 1. The van der Waals surface area contributed by atoms with Crippen LogP contribution < -0.4 is 4.90 Å². The number of anilines is 1. The predicted molar refractivity (Wildman–Crippen MR) is 84.1 cm³/mol. The van der Waals surface area contributed by atoms with Crippen LogP contribution in [0.2, 0.25) is 0 Å². The summed E-state index contributed by atoms with van der Waals surface area (Å²) in [5, 5.41) is -0.0195. The van der Waals surface area contributed by atoms with E-state index in [0.717, 1.165) is 5.69 Å². The third kappa shape index (κ3) is 2.34. The Labute approximate surface area is 123 Å². The van der Waals surface area contributed by atoms with Crippen LogP contribution in [0.1, 0.15) is 18.1 Å². The molecule has 0 fully saturated rings. The van der Waals surface area contributed by atoms with Gasteiger partial charge >= 0.3 is 0 Å². The van der Waals surface area contributed by atoms with Crippen molar-refractivity contribution in [3.05, 3.63) is 59.7 Å². The Morgan fingerprint density at radius 1 is 1.10 bits per heavy atom. The normalized spacial score (nSPS) is 18.0. The molecular formula is C17H17NOS. The Kier molecular flexibility index (Phi) is 3.53. The fourth-order valence-corrected chi connectivity index (χ4v) is 3.54. The summed E-state index contributed by atoms with van der Waals surface area (Å²) in [5.41, 5.74) is 3.46. The van der Waals surface area contributed by atoms with Crippen molar-refractivity contribution in [3.63, 3.8) is 0 Å². The molecule has 0 radical (unpaired) electrons. The predicted octanol–water partition coefficient (Wildman–Crippen LogP) is 4.02. The summed E-state index contributed by atoms with van der Waals surface area (Å²) in [6.07, 6.45) is 0. The maximum Gasteiger partial charge on any atom is 0.240 e. The fraction of sp³-hybridized carbons (Fsp3) is 0.235. The van der Waals surface area contributed by atoms with Crippen LogP contribution >= 0.6 is 11.8 Å². The highest BCUT2D eigenvalue weighted by Crippen LogP contribution is 2.39. The third-order valence-corrected chi connectivity index (χ3v) is 4.82. The second-order valence-corrected chi connectivity index (χ2v) is 6.46.